The fourth-order valence-electron chi connectivity index (χ4n) is 6.58. The Morgan fingerprint density at radius 3 is 1.31 bits per heavy atom. The molecule has 0 radical (unpaired) electrons. The normalized spacial score (nSPS) is 14.4. The van der Waals surface area contributed by atoms with E-state index >= 15 is 0 Å². The summed E-state index contributed by atoms with van der Waals surface area (Å²) in [6.07, 6.45) is 38.0. The van der Waals surface area contributed by atoms with Crippen LogP contribution in [-0.2, 0) is 18.4 Å². The van der Waals surface area contributed by atoms with Crippen LogP contribution in [0.1, 0.15) is 213 Å². The van der Waals surface area contributed by atoms with Gasteiger partial charge in [0, 0.05) is 6.42 Å². The molecule has 0 bridgehead atoms. The summed E-state index contributed by atoms with van der Waals surface area (Å²) in [6, 6.07) is -0.749. The first-order valence-electron chi connectivity index (χ1n) is 21.9. The fraction of sp³-hybridized carbons (Fsp3) is 0.976. The third-order valence-electron chi connectivity index (χ3n) is 10.1. The third-order valence-corrected chi connectivity index (χ3v) is 11.1. The zero-order valence-corrected chi connectivity index (χ0v) is 35.5. The summed E-state index contributed by atoms with van der Waals surface area (Å²) in [5, 5.41) is 13.6. The lowest BCUT2D eigenvalue weighted by molar-refractivity contribution is -0.870. The second-order valence-electron chi connectivity index (χ2n) is 16.4. The maximum Gasteiger partial charge on any atom is 0.472 e. The lowest BCUT2D eigenvalue weighted by Crippen LogP contribution is -2.46. The van der Waals surface area contributed by atoms with Crippen molar-refractivity contribution in [2.75, 3.05) is 40.9 Å². The summed E-state index contributed by atoms with van der Waals surface area (Å²) < 4.78 is 23.3. The molecule has 0 rings (SSSR count). The van der Waals surface area contributed by atoms with Crippen molar-refractivity contribution in [1.29, 1.82) is 0 Å². The van der Waals surface area contributed by atoms with Crippen LogP contribution in [0.4, 0.5) is 0 Å². The van der Waals surface area contributed by atoms with Gasteiger partial charge in [-0.2, -0.15) is 0 Å². The van der Waals surface area contributed by atoms with E-state index in [0.717, 1.165) is 38.5 Å². The van der Waals surface area contributed by atoms with Crippen LogP contribution in [0.15, 0.2) is 0 Å². The Hall–Kier alpha value is -0.500. The second-order valence-corrected chi connectivity index (χ2v) is 17.9. The molecule has 0 aliphatic carbocycles. The predicted molar refractivity (Wildman–Crippen MR) is 217 cm³/mol. The molecular formula is C42H88N2O6P+. The van der Waals surface area contributed by atoms with Crippen LogP contribution in [0.2, 0.25) is 0 Å². The van der Waals surface area contributed by atoms with E-state index in [2.05, 4.69) is 19.2 Å². The van der Waals surface area contributed by atoms with E-state index in [1.165, 1.54) is 148 Å². The number of aliphatic hydroxyl groups is 1. The van der Waals surface area contributed by atoms with Gasteiger partial charge in [0.2, 0.25) is 5.91 Å². The highest BCUT2D eigenvalue weighted by molar-refractivity contribution is 7.47. The molecular weight excluding hydrogens is 659 g/mol. The molecule has 0 aliphatic heterocycles. The number of likely N-dealkylation sites (N-methyl/N-ethyl adjacent to an activating group) is 1. The Kier molecular flexibility index (Phi) is 34.9. The highest BCUT2D eigenvalue weighted by Crippen LogP contribution is 2.43. The summed E-state index contributed by atoms with van der Waals surface area (Å²) in [6.45, 7) is 4.74. The summed E-state index contributed by atoms with van der Waals surface area (Å²) in [5.74, 6) is -0.152. The number of phosphoric acid groups is 1. The zero-order chi connectivity index (χ0) is 37.9. The first-order valence-corrected chi connectivity index (χ1v) is 23.4. The molecule has 0 aromatic rings. The van der Waals surface area contributed by atoms with Crippen LogP contribution in [-0.4, -0.2) is 73.4 Å². The SMILES string of the molecule is CCCCCCCCCCCCCCCCCCCCCCCCCCCCC(=O)NC(COP(=O)(O)OCC[N+](C)(C)C)C(O)CCCCC. The van der Waals surface area contributed by atoms with Gasteiger partial charge in [0.05, 0.1) is 39.9 Å². The number of nitrogens with zero attached hydrogens (tertiary/aromatic N) is 1. The molecule has 0 aromatic carbocycles. The summed E-state index contributed by atoms with van der Waals surface area (Å²) in [5.41, 5.74) is 0. The number of unbranched alkanes of at least 4 members (excludes halogenated alkanes) is 27. The van der Waals surface area contributed by atoms with Crippen LogP contribution in [0.3, 0.4) is 0 Å². The van der Waals surface area contributed by atoms with E-state index in [1.807, 2.05) is 21.1 Å². The summed E-state index contributed by atoms with van der Waals surface area (Å²) in [4.78, 5) is 22.8. The third kappa shape index (κ3) is 37.6. The maximum atomic E-state index is 12.7. The topological polar surface area (TPSA) is 105 Å². The molecule has 9 heteroatoms. The van der Waals surface area contributed by atoms with Crippen molar-refractivity contribution in [3.8, 4) is 0 Å². The zero-order valence-electron chi connectivity index (χ0n) is 34.6. The second kappa shape index (κ2) is 35.2. The van der Waals surface area contributed by atoms with E-state index in [4.69, 9.17) is 9.05 Å². The maximum absolute atomic E-state index is 12.7. The van der Waals surface area contributed by atoms with Crippen molar-refractivity contribution in [2.45, 2.75) is 225 Å². The average Bonchev–Trinajstić information content (AvgIpc) is 3.07. The first-order chi connectivity index (χ1) is 24.5. The molecule has 3 atom stereocenters. The van der Waals surface area contributed by atoms with Crippen LogP contribution >= 0.6 is 7.82 Å². The quantitative estimate of drug-likeness (QED) is 0.0327. The Balaban J connectivity index is 3.79. The number of rotatable bonds is 40. The van der Waals surface area contributed by atoms with Crippen molar-refractivity contribution in [3.05, 3.63) is 0 Å². The number of carbonyl (C=O) groups excluding carboxylic acids is 1. The number of phosphoric ester groups is 1. The lowest BCUT2D eigenvalue weighted by atomic mass is 10.0. The number of amides is 1. The first kappa shape index (κ1) is 50.5. The molecule has 0 fully saturated rings. The van der Waals surface area contributed by atoms with Gasteiger partial charge in [-0.15, -0.1) is 0 Å². The Morgan fingerprint density at radius 1 is 0.588 bits per heavy atom. The number of hydrogen-bond acceptors (Lipinski definition) is 5. The van der Waals surface area contributed by atoms with Crippen molar-refractivity contribution >= 4 is 13.7 Å². The van der Waals surface area contributed by atoms with E-state index in [0.29, 0.717) is 23.9 Å². The van der Waals surface area contributed by atoms with Crippen LogP contribution < -0.4 is 5.32 Å². The van der Waals surface area contributed by atoms with Gasteiger partial charge in [0.1, 0.15) is 13.2 Å². The number of carbonyl (C=O) groups is 1. The van der Waals surface area contributed by atoms with Gasteiger partial charge in [-0.05, 0) is 12.8 Å². The van der Waals surface area contributed by atoms with E-state index in [9.17, 15) is 19.4 Å². The summed E-state index contributed by atoms with van der Waals surface area (Å²) in [7, 11) is 1.62. The predicted octanol–water partition coefficient (Wildman–Crippen LogP) is 11.8. The minimum atomic E-state index is -4.28. The van der Waals surface area contributed by atoms with Crippen molar-refractivity contribution < 1.29 is 32.9 Å². The highest BCUT2D eigenvalue weighted by atomic mass is 31.2. The molecule has 3 unspecified atom stereocenters. The Labute approximate surface area is 317 Å². The molecule has 0 aliphatic rings. The standard InChI is InChI=1S/C42H87N2O6P/c1-6-8-10-11-12-13-14-15-16-17-18-19-20-21-22-23-24-25-26-27-28-29-30-31-32-34-36-42(46)43-40(41(45)35-33-9-7-2)39-50-51(47,48)49-38-37-44(3,4)5/h40-41,45H,6-39H2,1-5H3,(H-,43,46,47,48)/p+1. The molecule has 8 nitrogen and oxygen atoms in total. The molecule has 0 spiro atoms. The molecule has 3 N–H and O–H groups in total. The van der Waals surface area contributed by atoms with E-state index in [-0.39, 0.29) is 19.1 Å². The van der Waals surface area contributed by atoms with E-state index in [1.54, 1.807) is 0 Å². The molecule has 0 aromatic heterocycles. The molecule has 0 saturated heterocycles. The molecule has 1 amide bonds. The summed E-state index contributed by atoms with van der Waals surface area (Å²) >= 11 is 0. The number of quaternary nitrogens is 1. The molecule has 306 valence electrons. The molecule has 51 heavy (non-hydrogen) atoms. The van der Waals surface area contributed by atoms with Gasteiger partial charge < -0.3 is 19.8 Å². The van der Waals surface area contributed by atoms with Crippen LogP contribution in [0, 0.1) is 0 Å². The van der Waals surface area contributed by atoms with Gasteiger partial charge in [0.15, 0.2) is 0 Å². The lowest BCUT2D eigenvalue weighted by Gasteiger charge is -2.26. The van der Waals surface area contributed by atoms with Crippen molar-refractivity contribution in [1.82, 2.24) is 5.32 Å². The van der Waals surface area contributed by atoms with Gasteiger partial charge >= 0.3 is 7.82 Å². The fourth-order valence-corrected chi connectivity index (χ4v) is 7.31. The van der Waals surface area contributed by atoms with Gasteiger partial charge in [-0.25, -0.2) is 4.57 Å². The minimum Gasteiger partial charge on any atom is -0.391 e. The molecule has 0 heterocycles. The number of hydrogen-bond donors (Lipinski definition) is 3. The number of aliphatic hydroxyl groups excluding tert-OH is 1. The minimum absolute atomic E-state index is 0.0764. The number of nitrogens with one attached hydrogen (secondary N) is 1. The van der Waals surface area contributed by atoms with Gasteiger partial charge in [-0.1, -0.05) is 194 Å². The Bertz CT molecular complexity index is 809. The van der Waals surface area contributed by atoms with Gasteiger partial charge in [-0.3, -0.25) is 13.8 Å². The van der Waals surface area contributed by atoms with E-state index < -0.39 is 20.0 Å². The van der Waals surface area contributed by atoms with Crippen LogP contribution in [0.5, 0.6) is 0 Å². The Morgan fingerprint density at radius 2 is 0.941 bits per heavy atom. The molecule has 0 saturated carbocycles. The monoisotopic (exact) mass is 748 g/mol. The largest absolute Gasteiger partial charge is 0.472 e. The smallest absolute Gasteiger partial charge is 0.391 e. The van der Waals surface area contributed by atoms with Gasteiger partial charge in [0.25, 0.3) is 0 Å². The highest BCUT2D eigenvalue weighted by Gasteiger charge is 2.28. The van der Waals surface area contributed by atoms with Crippen LogP contribution in [0.25, 0.3) is 0 Å². The van der Waals surface area contributed by atoms with Crippen molar-refractivity contribution in [3.63, 3.8) is 0 Å². The van der Waals surface area contributed by atoms with Crippen molar-refractivity contribution in [2.24, 2.45) is 0 Å². The average molecular weight is 748 g/mol.